The Morgan fingerprint density at radius 1 is 1.24 bits per heavy atom. The van der Waals surface area contributed by atoms with E-state index < -0.39 is 44.0 Å². The van der Waals surface area contributed by atoms with Crippen LogP contribution in [0.3, 0.4) is 0 Å². The highest BCUT2D eigenvalue weighted by Crippen LogP contribution is 2.40. The molecule has 1 aromatic carbocycles. The van der Waals surface area contributed by atoms with Gasteiger partial charge < -0.3 is 14.5 Å². The summed E-state index contributed by atoms with van der Waals surface area (Å²) >= 11 is 11.3. The number of carbonyl (C=O) groups is 1. The second-order valence-electron chi connectivity index (χ2n) is 4.78. The van der Waals surface area contributed by atoms with E-state index in [0.717, 1.165) is 6.20 Å². The van der Waals surface area contributed by atoms with E-state index in [-0.39, 0.29) is 11.6 Å². The van der Waals surface area contributed by atoms with E-state index in [4.69, 9.17) is 23.2 Å². The van der Waals surface area contributed by atoms with E-state index in [2.05, 4.69) is 0 Å². The third kappa shape index (κ3) is 2.01. The number of benzene rings is 1. The highest BCUT2D eigenvalue weighted by Gasteiger charge is 2.30. The van der Waals surface area contributed by atoms with Gasteiger partial charge in [-0.25, -0.2) is 8.78 Å². The van der Waals surface area contributed by atoms with Gasteiger partial charge in [0.05, 0.1) is 27.5 Å². The lowest BCUT2D eigenvalue weighted by Gasteiger charge is -2.16. The lowest BCUT2D eigenvalue weighted by atomic mass is 10.1. The number of carboxylic acids is 1. The molecule has 1 aliphatic rings. The number of hydrogen-bond acceptors (Lipinski definition) is 3. The quantitative estimate of drug-likeness (QED) is 0.626. The van der Waals surface area contributed by atoms with Gasteiger partial charge in [-0.15, -0.1) is 0 Å². The molecule has 8 heteroatoms. The van der Waals surface area contributed by atoms with Crippen molar-refractivity contribution >= 4 is 40.1 Å². The first-order valence-corrected chi connectivity index (χ1v) is 6.72. The Kier molecular flexibility index (Phi) is 3.18. The Morgan fingerprint density at radius 2 is 1.86 bits per heavy atom. The maximum Gasteiger partial charge on any atom is 0.200 e. The van der Waals surface area contributed by atoms with Crippen LogP contribution in [0.15, 0.2) is 11.0 Å². The maximum atomic E-state index is 14.2. The predicted octanol–water partition coefficient (Wildman–Crippen LogP) is 2.28. The molecule has 0 bridgehead atoms. The van der Waals surface area contributed by atoms with Crippen molar-refractivity contribution in [3.05, 3.63) is 43.7 Å². The summed E-state index contributed by atoms with van der Waals surface area (Å²) in [4.78, 5) is 23.1. The van der Waals surface area contributed by atoms with Crippen LogP contribution in [0, 0.1) is 11.6 Å². The summed E-state index contributed by atoms with van der Waals surface area (Å²) in [5.74, 6) is -4.16. The van der Waals surface area contributed by atoms with Crippen molar-refractivity contribution in [3.8, 4) is 0 Å². The van der Waals surface area contributed by atoms with Crippen molar-refractivity contribution < 1.29 is 18.7 Å². The minimum atomic E-state index is -1.73. The lowest BCUT2D eigenvalue weighted by molar-refractivity contribution is -0.255. The van der Waals surface area contributed by atoms with Gasteiger partial charge in [-0.05, 0) is 12.8 Å². The molecule has 1 aliphatic carbocycles. The molecule has 0 unspecified atom stereocenters. The largest absolute Gasteiger partial charge is 0.545 e. The summed E-state index contributed by atoms with van der Waals surface area (Å²) in [5, 5.41) is 8.96. The van der Waals surface area contributed by atoms with Crippen LogP contribution in [0.5, 0.6) is 0 Å². The van der Waals surface area contributed by atoms with Crippen LogP contribution < -0.4 is 10.5 Å². The summed E-state index contributed by atoms with van der Waals surface area (Å²) < 4.78 is 29.3. The van der Waals surface area contributed by atoms with Crippen molar-refractivity contribution in [1.82, 2.24) is 4.57 Å². The first-order valence-electron chi connectivity index (χ1n) is 5.96. The topological polar surface area (TPSA) is 62.1 Å². The van der Waals surface area contributed by atoms with Crippen molar-refractivity contribution in [2.75, 3.05) is 0 Å². The van der Waals surface area contributed by atoms with Crippen LogP contribution in [0.2, 0.25) is 10.0 Å². The molecule has 0 saturated heterocycles. The Hall–Kier alpha value is -1.66. The third-order valence-corrected chi connectivity index (χ3v) is 4.09. The number of aromatic nitrogens is 1. The standard InChI is InChI=1S/C13H7Cl2F2NO3/c14-7-6-11(10(17)8(15)9(7)16)18(4-1-2-4)3-5(12(6)19)13(20)21/h3-4H,1-2H2,(H,20,21)/p-1. The molecular formula is C13H6Cl2F2NO3-. The average molecular weight is 333 g/mol. The van der Waals surface area contributed by atoms with Gasteiger partial charge in [0.1, 0.15) is 5.02 Å². The molecule has 1 aromatic heterocycles. The molecule has 0 spiro atoms. The van der Waals surface area contributed by atoms with Crippen LogP contribution in [0.1, 0.15) is 29.2 Å². The monoisotopic (exact) mass is 332 g/mol. The summed E-state index contributed by atoms with van der Waals surface area (Å²) in [6.45, 7) is 0. The summed E-state index contributed by atoms with van der Waals surface area (Å²) in [6.07, 6.45) is 2.35. The Balaban J connectivity index is 2.59. The van der Waals surface area contributed by atoms with E-state index in [1.165, 1.54) is 4.57 Å². The molecule has 2 aromatic rings. The minimum Gasteiger partial charge on any atom is -0.545 e. The van der Waals surface area contributed by atoms with Crippen molar-refractivity contribution in [3.63, 3.8) is 0 Å². The second kappa shape index (κ2) is 4.68. The molecule has 3 rings (SSSR count). The average Bonchev–Trinajstić information content (AvgIpc) is 3.26. The molecule has 1 saturated carbocycles. The van der Waals surface area contributed by atoms with Crippen molar-refractivity contribution in [2.45, 2.75) is 18.9 Å². The zero-order chi connectivity index (χ0) is 15.5. The highest BCUT2D eigenvalue weighted by molar-refractivity contribution is 6.39. The van der Waals surface area contributed by atoms with E-state index >= 15 is 0 Å². The molecule has 1 heterocycles. The molecule has 0 amide bonds. The molecule has 0 radical (unpaired) electrons. The molecule has 0 N–H and O–H groups in total. The zero-order valence-electron chi connectivity index (χ0n) is 10.3. The second-order valence-corrected chi connectivity index (χ2v) is 5.53. The SMILES string of the molecule is O=C([O-])c1cn(C2CC2)c2c(F)c(Cl)c(F)c(Cl)c2c1=O. The lowest BCUT2D eigenvalue weighted by Crippen LogP contribution is -2.30. The zero-order valence-corrected chi connectivity index (χ0v) is 11.8. The third-order valence-electron chi connectivity index (χ3n) is 3.40. The van der Waals surface area contributed by atoms with Gasteiger partial charge >= 0.3 is 0 Å². The number of halogens is 4. The van der Waals surface area contributed by atoms with Crippen LogP contribution in [0.4, 0.5) is 8.78 Å². The maximum absolute atomic E-state index is 14.2. The molecule has 0 atom stereocenters. The fourth-order valence-corrected chi connectivity index (χ4v) is 2.75. The molecule has 1 fully saturated rings. The smallest absolute Gasteiger partial charge is 0.200 e. The number of aromatic carboxylic acids is 1. The molecule has 21 heavy (non-hydrogen) atoms. The number of nitrogens with zero attached hydrogens (tertiary/aromatic N) is 1. The minimum absolute atomic E-state index is 0.182. The van der Waals surface area contributed by atoms with E-state index in [0.29, 0.717) is 12.8 Å². The number of carboxylic acid groups (broad SMARTS) is 1. The summed E-state index contributed by atoms with van der Waals surface area (Å²) in [7, 11) is 0. The molecule has 0 aliphatic heterocycles. The first-order chi connectivity index (χ1) is 9.84. The fraction of sp³-hybridized carbons (Fsp3) is 0.231. The Labute approximate surface area is 126 Å². The van der Waals surface area contributed by atoms with Gasteiger partial charge in [-0.3, -0.25) is 4.79 Å². The van der Waals surface area contributed by atoms with Gasteiger partial charge in [-0.2, -0.15) is 0 Å². The van der Waals surface area contributed by atoms with Gasteiger partial charge in [0.2, 0.25) is 0 Å². The summed E-state index contributed by atoms with van der Waals surface area (Å²) in [5.41, 5.74) is -2.08. The Bertz CT molecular complexity index is 859. The van der Waals surface area contributed by atoms with E-state index in [1.807, 2.05) is 0 Å². The highest BCUT2D eigenvalue weighted by atomic mass is 35.5. The van der Waals surface area contributed by atoms with Gasteiger partial charge in [-0.1, -0.05) is 23.2 Å². The van der Waals surface area contributed by atoms with Crippen LogP contribution in [0.25, 0.3) is 10.9 Å². The normalized spacial score (nSPS) is 14.7. The molecule has 110 valence electrons. The van der Waals surface area contributed by atoms with Gasteiger partial charge in [0, 0.05) is 12.2 Å². The predicted molar refractivity (Wildman–Crippen MR) is 70.7 cm³/mol. The van der Waals surface area contributed by atoms with E-state index in [1.54, 1.807) is 0 Å². The number of rotatable bonds is 2. The van der Waals surface area contributed by atoms with Crippen molar-refractivity contribution in [1.29, 1.82) is 0 Å². The van der Waals surface area contributed by atoms with Crippen molar-refractivity contribution in [2.24, 2.45) is 0 Å². The number of pyridine rings is 1. The molecular weight excluding hydrogens is 327 g/mol. The summed E-state index contributed by atoms with van der Waals surface area (Å²) in [6, 6.07) is -0.182. The number of hydrogen-bond donors (Lipinski definition) is 0. The first kappa shape index (κ1) is 14.3. The number of fused-ring (bicyclic) bond motifs is 1. The number of carbonyl (C=O) groups excluding carboxylic acids is 1. The van der Waals surface area contributed by atoms with Crippen LogP contribution in [-0.4, -0.2) is 10.5 Å². The van der Waals surface area contributed by atoms with Gasteiger partial charge in [0.15, 0.2) is 17.1 Å². The van der Waals surface area contributed by atoms with Crippen LogP contribution in [-0.2, 0) is 0 Å². The fourth-order valence-electron chi connectivity index (χ4n) is 2.25. The Morgan fingerprint density at radius 3 is 2.38 bits per heavy atom. The molecule has 4 nitrogen and oxygen atoms in total. The van der Waals surface area contributed by atoms with Crippen LogP contribution >= 0.6 is 23.2 Å². The van der Waals surface area contributed by atoms with Gasteiger partial charge in [0.25, 0.3) is 0 Å². The van der Waals surface area contributed by atoms with E-state index in [9.17, 15) is 23.5 Å².